The van der Waals surface area contributed by atoms with Crippen molar-refractivity contribution in [2.75, 3.05) is 18.6 Å². The van der Waals surface area contributed by atoms with Gasteiger partial charge < -0.3 is 20.5 Å². The van der Waals surface area contributed by atoms with Crippen LogP contribution in [0.4, 0.5) is 5.69 Å². The van der Waals surface area contributed by atoms with Crippen molar-refractivity contribution in [3.05, 3.63) is 77.1 Å². The topological polar surface area (TPSA) is 117 Å². The van der Waals surface area contributed by atoms with Crippen molar-refractivity contribution in [2.24, 2.45) is 5.73 Å². The van der Waals surface area contributed by atoms with Crippen LogP contribution in [0.15, 0.2) is 60.4 Å². The fourth-order valence-electron chi connectivity index (χ4n) is 2.96. The molecule has 1 amide bonds. The minimum absolute atomic E-state index is 0. The minimum Gasteiger partial charge on any atom is -0.498 e. The van der Waals surface area contributed by atoms with Gasteiger partial charge in [-0.15, -0.1) is 12.4 Å². The fourth-order valence-corrected chi connectivity index (χ4v) is 2.96. The van der Waals surface area contributed by atoms with Crippen LogP contribution in [-0.2, 0) is 14.3 Å². The number of nitrogen functional groups attached to an aromatic ring is 1. The summed E-state index contributed by atoms with van der Waals surface area (Å²) in [6.45, 7) is 0.296. The lowest BCUT2D eigenvalue weighted by atomic mass is 10.0. The average Bonchev–Trinajstić information content (AvgIpc) is 3.03. The lowest BCUT2D eigenvalue weighted by Crippen LogP contribution is -2.26. The molecule has 4 N–H and O–H groups in total. The van der Waals surface area contributed by atoms with Gasteiger partial charge in [-0.3, -0.25) is 10.2 Å². The van der Waals surface area contributed by atoms with E-state index in [9.17, 15) is 9.59 Å². The first-order valence-electron chi connectivity index (χ1n) is 8.45. The highest BCUT2D eigenvalue weighted by atomic mass is 35.5. The lowest BCUT2D eigenvalue weighted by Gasteiger charge is -2.17. The van der Waals surface area contributed by atoms with Crippen molar-refractivity contribution in [1.29, 1.82) is 5.41 Å². The van der Waals surface area contributed by atoms with Crippen LogP contribution in [0.1, 0.15) is 16.7 Å². The summed E-state index contributed by atoms with van der Waals surface area (Å²) in [7, 11) is 1.52. The van der Waals surface area contributed by atoms with Gasteiger partial charge in [0.2, 0.25) is 0 Å². The Morgan fingerprint density at radius 2 is 1.79 bits per heavy atom. The number of hydrogen-bond donors (Lipinski definition) is 3. The molecular weight excluding hydrogens is 394 g/mol. The molecule has 7 nitrogen and oxygen atoms in total. The predicted molar refractivity (Wildman–Crippen MR) is 114 cm³/mol. The Labute approximate surface area is 174 Å². The fraction of sp³-hybridized carbons (Fsp3) is 0.0952. The number of carbonyl (C=O) groups excluding carboxylic acids is 1. The van der Waals surface area contributed by atoms with Crippen LogP contribution in [0, 0.1) is 5.41 Å². The SMILES string of the molecule is COC1=C(c2ccc(C=CC(=O)O)cc2)C(=O)N(c2ccc(C(=N)N)cc2)C1.Cl. The summed E-state index contributed by atoms with van der Waals surface area (Å²) in [6.07, 6.45) is 2.54. The summed E-state index contributed by atoms with van der Waals surface area (Å²) in [6, 6.07) is 13.9. The van der Waals surface area contributed by atoms with E-state index in [1.807, 2.05) is 0 Å². The van der Waals surface area contributed by atoms with Gasteiger partial charge in [0.25, 0.3) is 5.91 Å². The first-order chi connectivity index (χ1) is 13.4. The van der Waals surface area contributed by atoms with Gasteiger partial charge >= 0.3 is 5.97 Å². The van der Waals surface area contributed by atoms with E-state index in [1.54, 1.807) is 53.4 Å². The van der Waals surface area contributed by atoms with Gasteiger partial charge in [-0.05, 0) is 41.5 Å². The predicted octanol–water partition coefficient (Wildman–Crippen LogP) is 2.89. The first-order valence-corrected chi connectivity index (χ1v) is 8.45. The average molecular weight is 414 g/mol. The molecule has 0 fully saturated rings. The van der Waals surface area contributed by atoms with Gasteiger partial charge in [0.15, 0.2) is 0 Å². The molecule has 0 atom stereocenters. The molecule has 1 heterocycles. The van der Waals surface area contributed by atoms with Crippen molar-refractivity contribution in [3.63, 3.8) is 0 Å². The van der Waals surface area contributed by atoms with Gasteiger partial charge in [0.1, 0.15) is 11.6 Å². The molecule has 0 radical (unpaired) electrons. The number of amidine groups is 1. The second kappa shape index (κ2) is 9.07. The maximum absolute atomic E-state index is 13.0. The maximum atomic E-state index is 13.0. The number of benzene rings is 2. The molecule has 0 saturated carbocycles. The van der Waals surface area contributed by atoms with Crippen molar-refractivity contribution in [2.45, 2.75) is 0 Å². The highest BCUT2D eigenvalue weighted by Crippen LogP contribution is 2.32. The van der Waals surface area contributed by atoms with Gasteiger partial charge in [-0.2, -0.15) is 0 Å². The van der Waals surface area contributed by atoms with E-state index >= 15 is 0 Å². The minimum atomic E-state index is -1.02. The Kier molecular flexibility index (Phi) is 6.80. The summed E-state index contributed by atoms with van der Waals surface area (Å²) in [5, 5.41) is 16.2. The number of carbonyl (C=O) groups is 2. The molecule has 2 aromatic carbocycles. The normalized spacial score (nSPS) is 13.6. The number of hydrogen-bond acceptors (Lipinski definition) is 4. The summed E-state index contributed by atoms with van der Waals surface area (Å²) >= 11 is 0. The third-order valence-electron chi connectivity index (χ3n) is 4.39. The third-order valence-corrected chi connectivity index (χ3v) is 4.39. The molecule has 1 aliphatic rings. The molecule has 1 aliphatic heterocycles. The van der Waals surface area contributed by atoms with Crippen LogP contribution in [0.2, 0.25) is 0 Å². The van der Waals surface area contributed by atoms with Crippen LogP contribution in [0.5, 0.6) is 0 Å². The van der Waals surface area contributed by atoms with Crippen molar-refractivity contribution >= 4 is 47.5 Å². The number of halogens is 1. The Hall–Kier alpha value is -3.58. The first kappa shape index (κ1) is 21.7. The molecule has 8 heteroatoms. The number of rotatable bonds is 6. The molecule has 0 unspecified atom stereocenters. The number of aliphatic carboxylic acids is 1. The van der Waals surface area contributed by atoms with E-state index in [-0.39, 0.29) is 24.1 Å². The van der Waals surface area contributed by atoms with Crippen LogP contribution < -0.4 is 10.6 Å². The van der Waals surface area contributed by atoms with Crippen LogP contribution in [0.3, 0.4) is 0 Å². The zero-order valence-corrected chi connectivity index (χ0v) is 16.4. The van der Waals surface area contributed by atoms with Crippen LogP contribution in [-0.4, -0.2) is 36.5 Å². The summed E-state index contributed by atoms with van der Waals surface area (Å²) < 4.78 is 5.44. The highest BCUT2D eigenvalue weighted by molar-refractivity contribution is 6.29. The molecule has 0 spiro atoms. The monoisotopic (exact) mass is 413 g/mol. The quantitative estimate of drug-likeness (QED) is 0.382. The number of anilines is 1. The van der Waals surface area contributed by atoms with E-state index in [0.717, 1.165) is 6.08 Å². The van der Waals surface area contributed by atoms with Gasteiger partial charge in [-0.25, -0.2) is 4.79 Å². The van der Waals surface area contributed by atoms with Crippen LogP contribution >= 0.6 is 12.4 Å². The molecule has 0 bridgehead atoms. The standard InChI is InChI=1S/C21H19N3O4.ClH/c1-28-17-12-24(16-9-7-15(8-10-16)20(22)23)21(27)19(17)14-5-2-13(3-6-14)4-11-18(25)26;/h2-11H,12H2,1H3,(H3,22,23)(H,25,26);1H. The smallest absolute Gasteiger partial charge is 0.328 e. The number of carboxylic acid groups (broad SMARTS) is 1. The van der Waals surface area contributed by atoms with Crippen LogP contribution in [0.25, 0.3) is 11.6 Å². The second-order valence-corrected chi connectivity index (χ2v) is 6.15. The van der Waals surface area contributed by atoms with Gasteiger partial charge in [0.05, 0.1) is 19.2 Å². The number of methoxy groups -OCH3 is 1. The van der Waals surface area contributed by atoms with Gasteiger partial charge in [-0.1, -0.05) is 24.3 Å². The maximum Gasteiger partial charge on any atom is 0.328 e. The number of amides is 1. The Morgan fingerprint density at radius 1 is 1.17 bits per heavy atom. The Morgan fingerprint density at radius 3 is 2.31 bits per heavy atom. The number of nitrogens with zero attached hydrogens (tertiary/aromatic N) is 1. The number of nitrogens with two attached hydrogens (primary N) is 1. The Bertz CT molecular complexity index is 996. The highest BCUT2D eigenvalue weighted by Gasteiger charge is 2.33. The molecule has 3 rings (SSSR count). The van der Waals surface area contributed by atoms with Crippen molar-refractivity contribution in [3.8, 4) is 0 Å². The summed E-state index contributed by atoms with van der Waals surface area (Å²) in [5.41, 5.74) is 8.61. The van der Waals surface area contributed by atoms with E-state index < -0.39 is 5.97 Å². The molecule has 0 aliphatic carbocycles. The lowest BCUT2D eigenvalue weighted by molar-refractivity contribution is -0.131. The van der Waals surface area contributed by atoms with Crippen molar-refractivity contribution in [1.82, 2.24) is 0 Å². The number of nitrogens with one attached hydrogen (secondary N) is 1. The molecule has 29 heavy (non-hydrogen) atoms. The van der Waals surface area contributed by atoms with E-state index in [4.69, 9.17) is 21.0 Å². The molecule has 2 aromatic rings. The zero-order chi connectivity index (χ0) is 20.3. The third kappa shape index (κ3) is 4.64. The largest absolute Gasteiger partial charge is 0.498 e. The van der Waals surface area contributed by atoms with E-state index in [2.05, 4.69) is 0 Å². The molecular formula is C21H20ClN3O4. The molecule has 150 valence electrons. The van der Waals surface area contributed by atoms with E-state index in [0.29, 0.717) is 40.3 Å². The number of ether oxygens (including phenoxy) is 1. The summed E-state index contributed by atoms with van der Waals surface area (Å²) in [4.78, 5) is 25.2. The van der Waals surface area contributed by atoms with Gasteiger partial charge in [0, 0.05) is 17.3 Å². The molecule has 0 aromatic heterocycles. The summed E-state index contributed by atoms with van der Waals surface area (Å²) in [5.74, 6) is -0.700. The second-order valence-electron chi connectivity index (χ2n) is 6.15. The molecule has 0 saturated heterocycles. The Balaban J connectivity index is 0.00000300. The number of carboxylic acids is 1. The van der Waals surface area contributed by atoms with E-state index in [1.165, 1.54) is 13.2 Å². The van der Waals surface area contributed by atoms with Crippen molar-refractivity contribution < 1.29 is 19.4 Å². The zero-order valence-electron chi connectivity index (χ0n) is 15.6.